The summed E-state index contributed by atoms with van der Waals surface area (Å²) in [5.41, 5.74) is 0. The van der Waals surface area contributed by atoms with Gasteiger partial charge in [-0.15, -0.1) is 0 Å². The summed E-state index contributed by atoms with van der Waals surface area (Å²) in [7, 11) is 0. The Morgan fingerprint density at radius 1 is 1.67 bits per heavy atom. The number of halogens is 1. The van der Waals surface area contributed by atoms with Gasteiger partial charge in [0.15, 0.2) is 5.82 Å². The van der Waals surface area contributed by atoms with E-state index in [-0.39, 0.29) is 11.9 Å². The van der Waals surface area contributed by atoms with Crippen LogP contribution >= 0.6 is 11.6 Å². The van der Waals surface area contributed by atoms with E-state index in [9.17, 15) is 4.79 Å². The van der Waals surface area contributed by atoms with Crippen LogP contribution in [0.2, 0.25) is 5.02 Å². The van der Waals surface area contributed by atoms with E-state index in [0.29, 0.717) is 29.9 Å². The highest BCUT2D eigenvalue weighted by Gasteiger charge is 2.28. The summed E-state index contributed by atoms with van der Waals surface area (Å²) in [6.07, 6.45) is 1.56. The van der Waals surface area contributed by atoms with Crippen LogP contribution in [0.4, 0.5) is 11.8 Å². The molecule has 0 aliphatic carbocycles. The number of carbonyl (C=O) groups is 1. The third kappa shape index (κ3) is 2.48. The molecule has 1 aromatic heterocycles. The number of carbonyl (C=O) groups excluding carboxylic acids is 1. The number of aromatic nitrogens is 2. The molecule has 1 aromatic rings. The second-order valence-corrected chi connectivity index (χ2v) is 4.46. The van der Waals surface area contributed by atoms with Crippen LogP contribution in [-0.4, -0.2) is 41.6 Å². The smallest absolute Gasteiger partial charge is 0.242 e. The molecule has 2 heterocycles. The maximum Gasteiger partial charge on any atom is 0.242 e. The second-order valence-electron chi connectivity index (χ2n) is 4.06. The van der Waals surface area contributed by atoms with Crippen LogP contribution in [0.5, 0.6) is 0 Å². The van der Waals surface area contributed by atoms with Gasteiger partial charge < -0.3 is 15.5 Å². The average molecular weight is 270 g/mol. The van der Waals surface area contributed by atoms with E-state index in [0.717, 1.165) is 6.54 Å². The topological polar surface area (TPSA) is 70.2 Å². The van der Waals surface area contributed by atoms with Gasteiger partial charge in [-0.2, -0.15) is 4.98 Å². The molecule has 1 saturated heterocycles. The maximum absolute atomic E-state index is 11.6. The van der Waals surface area contributed by atoms with E-state index in [1.165, 1.54) is 0 Å². The fourth-order valence-corrected chi connectivity index (χ4v) is 2.07. The molecule has 1 amide bonds. The lowest BCUT2D eigenvalue weighted by atomic mass is 10.2. The van der Waals surface area contributed by atoms with Crippen molar-refractivity contribution < 1.29 is 4.79 Å². The molecule has 0 radical (unpaired) electrons. The molecular formula is C11H16ClN5O. The zero-order valence-corrected chi connectivity index (χ0v) is 11.2. The summed E-state index contributed by atoms with van der Waals surface area (Å²) in [5.74, 6) is 1.11. The fourth-order valence-electron chi connectivity index (χ4n) is 1.87. The van der Waals surface area contributed by atoms with Gasteiger partial charge in [-0.25, -0.2) is 4.98 Å². The second kappa shape index (κ2) is 5.39. The minimum Gasteiger partial charge on any atom is -0.354 e. The highest BCUT2D eigenvalue weighted by Crippen LogP contribution is 2.26. The van der Waals surface area contributed by atoms with Crippen LogP contribution in [0.3, 0.4) is 0 Å². The first-order valence-electron chi connectivity index (χ1n) is 5.94. The molecule has 1 unspecified atom stereocenters. The quantitative estimate of drug-likeness (QED) is 0.853. The number of nitrogens with one attached hydrogen (secondary N) is 2. The molecular weight excluding hydrogens is 254 g/mol. The monoisotopic (exact) mass is 269 g/mol. The molecule has 6 nitrogen and oxygen atoms in total. The lowest BCUT2D eigenvalue weighted by Crippen LogP contribution is -2.54. The Hall–Kier alpha value is -1.56. The van der Waals surface area contributed by atoms with Gasteiger partial charge in [0, 0.05) is 19.6 Å². The van der Waals surface area contributed by atoms with Crippen LogP contribution in [-0.2, 0) is 4.79 Å². The summed E-state index contributed by atoms with van der Waals surface area (Å²) in [5, 5.41) is 6.30. The van der Waals surface area contributed by atoms with Crippen molar-refractivity contribution in [2.45, 2.75) is 19.9 Å². The number of hydrogen-bond donors (Lipinski definition) is 2. The molecule has 98 valence electrons. The van der Waals surface area contributed by atoms with Crippen LogP contribution in [0.25, 0.3) is 0 Å². The van der Waals surface area contributed by atoms with Gasteiger partial charge in [-0.05, 0) is 13.8 Å². The van der Waals surface area contributed by atoms with Crippen LogP contribution in [0, 0.1) is 0 Å². The van der Waals surface area contributed by atoms with Crippen molar-refractivity contribution >= 4 is 29.3 Å². The first-order valence-corrected chi connectivity index (χ1v) is 6.32. The van der Waals surface area contributed by atoms with Crippen molar-refractivity contribution in [2.24, 2.45) is 0 Å². The number of piperazine rings is 1. The lowest BCUT2D eigenvalue weighted by molar-refractivity contribution is -0.122. The molecule has 2 rings (SSSR count). The van der Waals surface area contributed by atoms with Gasteiger partial charge >= 0.3 is 0 Å². The van der Waals surface area contributed by atoms with E-state index in [2.05, 4.69) is 20.6 Å². The minimum absolute atomic E-state index is 0.0130. The Bertz CT molecular complexity index is 453. The Labute approximate surface area is 111 Å². The van der Waals surface area contributed by atoms with E-state index in [4.69, 9.17) is 11.6 Å². The SMILES string of the molecule is CCNc1ncc(Cl)c(N2CCNC(=O)C2C)n1. The van der Waals surface area contributed by atoms with E-state index in [1.54, 1.807) is 6.20 Å². The molecule has 2 N–H and O–H groups in total. The van der Waals surface area contributed by atoms with Crippen LogP contribution in [0.15, 0.2) is 6.20 Å². The van der Waals surface area contributed by atoms with E-state index in [1.807, 2.05) is 18.7 Å². The number of nitrogens with zero attached hydrogens (tertiary/aromatic N) is 3. The third-order valence-corrected chi connectivity index (χ3v) is 3.10. The minimum atomic E-state index is -0.277. The Morgan fingerprint density at radius 3 is 3.17 bits per heavy atom. The summed E-state index contributed by atoms with van der Waals surface area (Å²) in [4.78, 5) is 22.0. The van der Waals surface area contributed by atoms with Crippen molar-refractivity contribution in [2.75, 3.05) is 29.9 Å². The van der Waals surface area contributed by atoms with Crippen molar-refractivity contribution in [3.63, 3.8) is 0 Å². The van der Waals surface area contributed by atoms with Gasteiger partial charge in [0.2, 0.25) is 11.9 Å². The lowest BCUT2D eigenvalue weighted by Gasteiger charge is -2.34. The van der Waals surface area contributed by atoms with Crippen molar-refractivity contribution in [1.82, 2.24) is 15.3 Å². The Balaban J connectivity index is 2.30. The molecule has 1 atom stereocenters. The van der Waals surface area contributed by atoms with Gasteiger partial charge in [-0.1, -0.05) is 11.6 Å². The molecule has 0 bridgehead atoms. The van der Waals surface area contributed by atoms with E-state index >= 15 is 0 Å². The molecule has 18 heavy (non-hydrogen) atoms. The fraction of sp³-hybridized carbons (Fsp3) is 0.545. The predicted octanol–water partition coefficient (Wildman–Crippen LogP) is 0.886. The number of amides is 1. The number of rotatable bonds is 3. The molecule has 1 fully saturated rings. The molecule has 7 heteroatoms. The summed E-state index contributed by atoms with van der Waals surface area (Å²) in [6.45, 7) is 5.82. The Morgan fingerprint density at radius 2 is 2.44 bits per heavy atom. The van der Waals surface area contributed by atoms with Gasteiger partial charge in [0.05, 0.1) is 6.20 Å². The van der Waals surface area contributed by atoms with Crippen molar-refractivity contribution in [3.05, 3.63) is 11.2 Å². The molecule has 1 aliphatic heterocycles. The maximum atomic E-state index is 11.6. The largest absolute Gasteiger partial charge is 0.354 e. The normalized spacial score (nSPS) is 19.6. The summed E-state index contributed by atoms with van der Waals surface area (Å²) >= 11 is 6.12. The average Bonchev–Trinajstić information content (AvgIpc) is 2.36. The van der Waals surface area contributed by atoms with Crippen LogP contribution < -0.4 is 15.5 Å². The van der Waals surface area contributed by atoms with Crippen LogP contribution in [0.1, 0.15) is 13.8 Å². The van der Waals surface area contributed by atoms with Gasteiger partial charge in [0.1, 0.15) is 11.1 Å². The predicted molar refractivity (Wildman–Crippen MR) is 71.0 cm³/mol. The highest BCUT2D eigenvalue weighted by molar-refractivity contribution is 6.32. The number of hydrogen-bond acceptors (Lipinski definition) is 5. The zero-order chi connectivity index (χ0) is 13.1. The molecule has 1 aliphatic rings. The zero-order valence-electron chi connectivity index (χ0n) is 10.4. The molecule has 0 saturated carbocycles. The molecule has 0 spiro atoms. The summed E-state index contributed by atoms with van der Waals surface area (Å²) in [6, 6.07) is -0.277. The summed E-state index contributed by atoms with van der Waals surface area (Å²) < 4.78 is 0. The Kier molecular flexibility index (Phi) is 3.86. The standard InChI is InChI=1S/C11H16ClN5O/c1-3-13-11-15-6-8(12)9(16-11)17-5-4-14-10(18)7(17)2/h6-7H,3-5H2,1-2H3,(H,14,18)(H,13,15,16). The first kappa shape index (κ1) is 12.9. The molecule has 0 aromatic carbocycles. The first-order chi connectivity index (χ1) is 8.63. The van der Waals surface area contributed by atoms with Crippen molar-refractivity contribution in [3.8, 4) is 0 Å². The number of anilines is 2. The van der Waals surface area contributed by atoms with Crippen molar-refractivity contribution in [1.29, 1.82) is 0 Å². The third-order valence-electron chi connectivity index (χ3n) is 2.83. The van der Waals surface area contributed by atoms with Gasteiger partial charge in [-0.3, -0.25) is 4.79 Å². The highest BCUT2D eigenvalue weighted by atomic mass is 35.5. The van der Waals surface area contributed by atoms with Gasteiger partial charge in [0.25, 0.3) is 0 Å². The van der Waals surface area contributed by atoms with E-state index < -0.39 is 0 Å².